The van der Waals surface area contributed by atoms with Gasteiger partial charge in [0.15, 0.2) is 0 Å². The average Bonchev–Trinajstić information content (AvgIpc) is 2.16. The van der Waals surface area contributed by atoms with Crippen LogP contribution in [0.1, 0.15) is 27.9 Å². The maximum Gasteiger partial charge on any atom is 0.339 e. The van der Waals surface area contributed by atoms with Crippen LogP contribution < -0.4 is 4.74 Å². The molecule has 0 aliphatic carbocycles. The van der Waals surface area contributed by atoms with Crippen molar-refractivity contribution in [1.82, 2.24) is 0 Å². The van der Waals surface area contributed by atoms with Crippen LogP contribution >= 0.6 is 0 Å². The van der Waals surface area contributed by atoms with Gasteiger partial charge in [-0.25, -0.2) is 13.6 Å². The van der Waals surface area contributed by atoms with Gasteiger partial charge < -0.3 is 9.84 Å². The zero-order chi connectivity index (χ0) is 11.6. The molecule has 1 aromatic rings. The lowest BCUT2D eigenvalue weighted by Gasteiger charge is -2.10. The molecule has 0 aliphatic rings. The number of hydrogen-bond acceptors (Lipinski definition) is 2. The summed E-state index contributed by atoms with van der Waals surface area (Å²) in [5.74, 6) is -1.20. The second-order valence-corrected chi connectivity index (χ2v) is 3.01. The summed E-state index contributed by atoms with van der Waals surface area (Å²) < 4.78 is 29.7. The third-order valence-corrected chi connectivity index (χ3v) is 2.05. The molecule has 0 aromatic heterocycles. The van der Waals surface area contributed by atoms with E-state index in [1.165, 1.54) is 20.1 Å². The third kappa shape index (κ3) is 2.23. The van der Waals surface area contributed by atoms with Crippen LogP contribution in [0.2, 0.25) is 0 Å². The monoisotopic (exact) mass is 216 g/mol. The van der Waals surface area contributed by atoms with Crippen LogP contribution in [0.15, 0.2) is 12.1 Å². The highest BCUT2D eigenvalue weighted by Gasteiger charge is 2.18. The molecule has 0 fully saturated rings. The van der Waals surface area contributed by atoms with Crippen molar-refractivity contribution in [2.45, 2.75) is 13.3 Å². The van der Waals surface area contributed by atoms with Crippen molar-refractivity contribution in [2.24, 2.45) is 0 Å². The van der Waals surface area contributed by atoms with E-state index in [-0.39, 0.29) is 16.9 Å². The van der Waals surface area contributed by atoms with Gasteiger partial charge in [0.1, 0.15) is 11.3 Å². The first-order valence-electron chi connectivity index (χ1n) is 4.17. The second-order valence-electron chi connectivity index (χ2n) is 3.01. The predicted octanol–water partition coefficient (Wildman–Crippen LogP) is 2.64. The molecule has 82 valence electrons. The van der Waals surface area contributed by atoms with Crippen molar-refractivity contribution >= 4 is 5.97 Å². The topological polar surface area (TPSA) is 46.5 Å². The number of aromatic carboxylic acids is 1. The Morgan fingerprint density at radius 3 is 2.47 bits per heavy atom. The third-order valence-electron chi connectivity index (χ3n) is 2.05. The Balaban J connectivity index is 3.37. The zero-order valence-corrected chi connectivity index (χ0v) is 8.25. The largest absolute Gasteiger partial charge is 0.496 e. The van der Waals surface area contributed by atoms with Crippen LogP contribution in [0, 0.1) is 6.92 Å². The van der Waals surface area contributed by atoms with Gasteiger partial charge >= 0.3 is 5.97 Å². The van der Waals surface area contributed by atoms with Gasteiger partial charge in [0.05, 0.1) is 7.11 Å². The molecule has 15 heavy (non-hydrogen) atoms. The molecule has 5 heteroatoms. The van der Waals surface area contributed by atoms with E-state index in [1.54, 1.807) is 0 Å². The molecule has 0 unspecified atom stereocenters. The van der Waals surface area contributed by atoms with Crippen molar-refractivity contribution in [3.63, 3.8) is 0 Å². The maximum absolute atomic E-state index is 12.5. The van der Waals surface area contributed by atoms with E-state index in [0.717, 1.165) is 6.07 Å². The number of methoxy groups -OCH3 is 1. The van der Waals surface area contributed by atoms with Crippen LogP contribution in [0.25, 0.3) is 0 Å². The number of ether oxygens (including phenoxy) is 1. The number of carboxylic acid groups (broad SMARTS) is 1. The Morgan fingerprint density at radius 2 is 2.07 bits per heavy atom. The lowest BCUT2D eigenvalue weighted by molar-refractivity contribution is 0.0693. The first-order chi connectivity index (χ1) is 6.97. The molecule has 0 aliphatic heterocycles. The SMILES string of the molecule is COc1cc(C)c(C(F)F)cc1C(=O)O. The number of carbonyl (C=O) groups is 1. The van der Waals surface area contributed by atoms with Crippen LogP contribution in [0.4, 0.5) is 8.78 Å². The summed E-state index contributed by atoms with van der Waals surface area (Å²) in [6, 6.07) is 2.24. The van der Waals surface area contributed by atoms with Gasteiger partial charge in [-0.1, -0.05) is 0 Å². The van der Waals surface area contributed by atoms with Gasteiger partial charge in [-0.2, -0.15) is 0 Å². The molecule has 0 radical (unpaired) electrons. The average molecular weight is 216 g/mol. The van der Waals surface area contributed by atoms with Crippen molar-refractivity contribution < 1.29 is 23.4 Å². The van der Waals surface area contributed by atoms with Gasteiger partial charge in [0.25, 0.3) is 6.43 Å². The molecule has 0 spiro atoms. The van der Waals surface area contributed by atoms with Crippen LogP contribution in [0.5, 0.6) is 5.75 Å². The van der Waals surface area contributed by atoms with Crippen molar-refractivity contribution in [3.05, 3.63) is 28.8 Å². The quantitative estimate of drug-likeness (QED) is 0.844. The number of aryl methyl sites for hydroxylation is 1. The van der Waals surface area contributed by atoms with Crippen molar-refractivity contribution in [3.8, 4) is 5.75 Å². The van der Waals surface area contributed by atoms with Gasteiger partial charge in [0, 0.05) is 5.56 Å². The molecule has 0 heterocycles. The van der Waals surface area contributed by atoms with E-state index >= 15 is 0 Å². The molecule has 0 saturated heterocycles. The molecule has 0 amide bonds. The summed E-state index contributed by atoms with van der Waals surface area (Å²) >= 11 is 0. The van der Waals surface area contributed by atoms with Crippen LogP contribution in [-0.2, 0) is 0 Å². The van der Waals surface area contributed by atoms with Gasteiger partial charge in [0.2, 0.25) is 0 Å². The zero-order valence-electron chi connectivity index (χ0n) is 8.25. The molecule has 0 bridgehead atoms. The molecule has 1 aromatic carbocycles. The number of rotatable bonds is 3. The van der Waals surface area contributed by atoms with E-state index in [1.807, 2.05) is 0 Å². The first kappa shape index (κ1) is 11.4. The minimum absolute atomic E-state index is 0.0874. The minimum atomic E-state index is -2.69. The minimum Gasteiger partial charge on any atom is -0.496 e. The van der Waals surface area contributed by atoms with Gasteiger partial charge in [-0.05, 0) is 24.6 Å². The van der Waals surface area contributed by atoms with E-state index in [4.69, 9.17) is 9.84 Å². The summed E-state index contributed by atoms with van der Waals surface area (Å²) in [7, 11) is 1.29. The smallest absolute Gasteiger partial charge is 0.339 e. The Bertz CT molecular complexity index is 388. The highest BCUT2D eigenvalue weighted by atomic mass is 19.3. The van der Waals surface area contributed by atoms with E-state index in [0.29, 0.717) is 5.56 Å². The maximum atomic E-state index is 12.5. The van der Waals surface area contributed by atoms with Crippen LogP contribution in [0.3, 0.4) is 0 Å². The second kappa shape index (κ2) is 4.25. The summed E-state index contributed by atoms with van der Waals surface area (Å²) in [4.78, 5) is 10.7. The predicted molar refractivity (Wildman–Crippen MR) is 49.6 cm³/mol. The normalized spacial score (nSPS) is 10.5. The fourth-order valence-electron chi connectivity index (χ4n) is 1.27. The summed E-state index contributed by atoms with van der Waals surface area (Å²) in [5.41, 5.74) is -0.224. The molecule has 3 nitrogen and oxygen atoms in total. The molecule has 1 N–H and O–H groups in total. The Kier molecular flexibility index (Phi) is 3.24. The van der Waals surface area contributed by atoms with Gasteiger partial charge in [-0.15, -0.1) is 0 Å². The Morgan fingerprint density at radius 1 is 1.47 bits per heavy atom. The highest BCUT2D eigenvalue weighted by molar-refractivity contribution is 5.91. The number of benzene rings is 1. The highest BCUT2D eigenvalue weighted by Crippen LogP contribution is 2.29. The molecule has 1 rings (SSSR count). The lowest BCUT2D eigenvalue weighted by atomic mass is 10.0. The van der Waals surface area contributed by atoms with Crippen molar-refractivity contribution in [1.29, 1.82) is 0 Å². The number of alkyl halides is 2. The molecular formula is C10H10F2O3. The summed E-state index contributed by atoms with van der Waals surface area (Å²) in [6.45, 7) is 1.48. The number of halogens is 2. The first-order valence-corrected chi connectivity index (χ1v) is 4.17. The van der Waals surface area contributed by atoms with E-state index < -0.39 is 12.4 Å². The molecular weight excluding hydrogens is 206 g/mol. The molecule has 0 saturated carbocycles. The van der Waals surface area contributed by atoms with Crippen molar-refractivity contribution in [2.75, 3.05) is 7.11 Å². The van der Waals surface area contributed by atoms with E-state index in [9.17, 15) is 13.6 Å². The number of carboxylic acids is 1. The number of hydrogen-bond donors (Lipinski definition) is 1. The standard InChI is InChI=1S/C10H10F2O3/c1-5-3-8(15-2)7(10(13)14)4-6(5)9(11)12/h3-4,9H,1-2H3,(H,13,14). The Labute approximate surface area is 85.3 Å². The molecule has 0 atom stereocenters. The lowest BCUT2D eigenvalue weighted by Crippen LogP contribution is -2.03. The fraction of sp³-hybridized carbons (Fsp3) is 0.300. The Hall–Kier alpha value is -1.65. The van der Waals surface area contributed by atoms with E-state index in [2.05, 4.69) is 0 Å². The van der Waals surface area contributed by atoms with Crippen LogP contribution in [-0.4, -0.2) is 18.2 Å². The summed E-state index contributed by atoms with van der Waals surface area (Å²) in [6.07, 6.45) is -2.69. The summed E-state index contributed by atoms with van der Waals surface area (Å²) in [5, 5.41) is 8.77. The fourth-order valence-corrected chi connectivity index (χ4v) is 1.27. The van der Waals surface area contributed by atoms with Gasteiger partial charge in [-0.3, -0.25) is 0 Å².